The van der Waals surface area contributed by atoms with Crippen LogP contribution in [-0.2, 0) is 9.53 Å². The van der Waals surface area contributed by atoms with Crippen LogP contribution in [0.2, 0.25) is 0 Å². The first-order valence-electron chi connectivity index (χ1n) is 7.16. The molecule has 7 heteroatoms. The minimum absolute atomic E-state index is 0. The van der Waals surface area contributed by atoms with E-state index < -0.39 is 6.04 Å². The molecule has 1 aromatic rings. The summed E-state index contributed by atoms with van der Waals surface area (Å²) in [5.74, 6) is 0.872. The summed E-state index contributed by atoms with van der Waals surface area (Å²) in [5, 5.41) is 2.82. The molecule has 0 aromatic heterocycles. The van der Waals surface area contributed by atoms with Crippen molar-refractivity contribution < 1.29 is 14.3 Å². The van der Waals surface area contributed by atoms with E-state index in [-0.39, 0.29) is 24.2 Å². The highest BCUT2D eigenvalue weighted by Gasteiger charge is 2.26. The molecule has 0 aliphatic carbocycles. The topological polar surface area (TPSA) is 73.6 Å². The third-order valence-corrected chi connectivity index (χ3v) is 4.04. The lowest BCUT2D eigenvalue weighted by Gasteiger charge is -2.26. The van der Waals surface area contributed by atoms with E-state index in [2.05, 4.69) is 21.2 Å². The highest BCUT2D eigenvalue weighted by molar-refractivity contribution is 9.10. The van der Waals surface area contributed by atoms with E-state index in [9.17, 15) is 4.79 Å². The number of nitrogens with one attached hydrogen (secondary N) is 1. The van der Waals surface area contributed by atoms with Gasteiger partial charge in [0.15, 0.2) is 0 Å². The number of carbonyl (C=O) groups excluding carboxylic acids is 1. The molecule has 3 N–H and O–H groups in total. The lowest BCUT2D eigenvalue weighted by Crippen LogP contribution is -2.47. The first kappa shape index (κ1) is 19.2. The van der Waals surface area contributed by atoms with E-state index in [1.54, 1.807) is 0 Å². The van der Waals surface area contributed by atoms with Crippen molar-refractivity contribution in [2.75, 3.05) is 26.4 Å². The van der Waals surface area contributed by atoms with Crippen molar-refractivity contribution >= 4 is 34.2 Å². The molecule has 1 aromatic carbocycles. The molecule has 1 unspecified atom stereocenters. The molecule has 1 aliphatic rings. The van der Waals surface area contributed by atoms with Crippen molar-refractivity contribution in [3.8, 4) is 5.75 Å². The van der Waals surface area contributed by atoms with Gasteiger partial charge in [-0.2, -0.15) is 0 Å². The van der Waals surface area contributed by atoms with E-state index in [4.69, 9.17) is 15.2 Å². The molecule has 0 bridgehead atoms. The summed E-state index contributed by atoms with van der Waals surface area (Å²) < 4.78 is 11.8. The minimum Gasteiger partial charge on any atom is -0.492 e. The van der Waals surface area contributed by atoms with Gasteiger partial charge in [0.2, 0.25) is 5.91 Å². The van der Waals surface area contributed by atoms with Crippen LogP contribution in [0.15, 0.2) is 28.7 Å². The molecule has 5 nitrogen and oxygen atoms in total. The zero-order chi connectivity index (χ0) is 15.1. The van der Waals surface area contributed by atoms with Gasteiger partial charge < -0.3 is 20.5 Å². The van der Waals surface area contributed by atoms with E-state index in [0.717, 1.165) is 23.1 Å². The molecule has 0 saturated carbocycles. The maximum Gasteiger partial charge on any atom is 0.237 e. The van der Waals surface area contributed by atoms with Gasteiger partial charge in [-0.3, -0.25) is 4.79 Å². The maximum atomic E-state index is 12.0. The van der Waals surface area contributed by atoms with E-state index >= 15 is 0 Å². The van der Waals surface area contributed by atoms with Gasteiger partial charge in [-0.1, -0.05) is 22.0 Å². The fourth-order valence-electron chi connectivity index (χ4n) is 2.31. The van der Waals surface area contributed by atoms with Crippen molar-refractivity contribution in [2.24, 2.45) is 11.7 Å². The molecular formula is C15H22BrClN2O3. The van der Waals surface area contributed by atoms with Crippen LogP contribution in [0.3, 0.4) is 0 Å². The van der Waals surface area contributed by atoms with Gasteiger partial charge in [-0.05, 0) is 37.0 Å². The lowest BCUT2D eigenvalue weighted by atomic mass is 9.92. The number of amides is 1. The molecule has 0 radical (unpaired) electrons. The molecular weight excluding hydrogens is 372 g/mol. The van der Waals surface area contributed by atoms with E-state index in [0.29, 0.717) is 26.4 Å². The summed E-state index contributed by atoms with van der Waals surface area (Å²) >= 11 is 3.38. The van der Waals surface area contributed by atoms with Crippen LogP contribution in [-0.4, -0.2) is 38.3 Å². The minimum atomic E-state index is -0.459. The largest absolute Gasteiger partial charge is 0.492 e. The fourth-order valence-corrected chi connectivity index (χ4v) is 2.68. The van der Waals surface area contributed by atoms with Crippen molar-refractivity contribution in [1.29, 1.82) is 0 Å². The van der Waals surface area contributed by atoms with Crippen LogP contribution in [0.25, 0.3) is 0 Å². The molecule has 124 valence electrons. The Bertz CT molecular complexity index is 470. The molecule has 1 amide bonds. The Morgan fingerprint density at radius 2 is 2.18 bits per heavy atom. The van der Waals surface area contributed by atoms with Crippen LogP contribution in [0.4, 0.5) is 0 Å². The summed E-state index contributed by atoms with van der Waals surface area (Å²) in [6, 6.07) is 7.14. The van der Waals surface area contributed by atoms with E-state index in [1.807, 2.05) is 24.3 Å². The van der Waals surface area contributed by atoms with Crippen molar-refractivity contribution in [1.82, 2.24) is 5.32 Å². The van der Waals surface area contributed by atoms with Crippen LogP contribution in [0.5, 0.6) is 5.75 Å². The van der Waals surface area contributed by atoms with Crippen molar-refractivity contribution in [3.05, 3.63) is 28.7 Å². The Morgan fingerprint density at radius 1 is 1.45 bits per heavy atom. The predicted molar refractivity (Wildman–Crippen MR) is 91.4 cm³/mol. The predicted octanol–water partition coefficient (Wildman–Crippen LogP) is 2.12. The number of carbonyl (C=O) groups is 1. The molecule has 1 atom stereocenters. The van der Waals surface area contributed by atoms with Gasteiger partial charge in [-0.25, -0.2) is 0 Å². The number of halogens is 2. The summed E-state index contributed by atoms with van der Waals surface area (Å²) in [6.45, 7) is 2.25. The van der Waals surface area contributed by atoms with Crippen molar-refractivity contribution in [3.63, 3.8) is 0 Å². The molecule has 0 spiro atoms. The second-order valence-electron chi connectivity index (χ2n) is 5.07. The smallest absolute Gasteiger partial charge is 0.237 e. The van der Waals surface area contributed by atoms with Gasteiger partial charge in [0, 0.05) is 17.7 Å². The molecule has 1 aliphatic heterocycles. The quantitative estimate of drug-likeness (QED) is 0.726. The first-order chi connectivity index (χ1) is 10.2. The Balaban J connectivity index is 0.00000242. The van der Waals surface area contributed by atoms with Crippen LogP contribution in [0.1, 0.15) is 12.8 Å². The number of nitrogens with two attached hydrogens (primary N) is 1. The van der Waals surface area contributed by atoms with Crippen molar-refractivity contribution in [2.45, 2.75) is 18.9 Å². The Hall–Kier alpha value is -0.820. The first-order valence-corrected chi connectivity index (χ1v) is 7.95. The zero-order valence-electron chi connectivity index (χ0n) is 12.3. The average molecular weight is 394 g/mol. The van der Waals surface area contributed by atoms with Crippen LogP contribution >= 0.6 is 28.3 Å². The number of hydrogen-bond acceptors (Lipinski definition) is 4. The zero-order valence-corrected chi connectivity index (χ0v) is 14.7. The molecule has 1 heterocycles. The summed E-state index contributed by atoms with van der Waals surface area (Å²) in [6.07, 6.45) is 1.70. The highest BCUT2D eigenvalue weighted by Crippen LogP contribution is 2.18. The SMILES string of the molecule is Cl.NC(C(=O)NCCOc1cccc(Br)c1)C1CCOCC1. The highest BCUT2D eigenvalue weighted by atomic mass is 79.9. The second kappa shape index (κ2) is 10.0. The lowest BCUT2D eigenvalue weighted by molar-refractivity contribution is -0.124. The molecule has 2 rings (SSSR count). The number of benzene rings is 1. The summed E-state index contributed by atoms with van der Waals surface area (Å²) in [5.41, 5.74) is 5.99. The Morgan fingerprint density at radius 3 is 2.86 bits per heavy atom. The normalized spacial score (nSPS) is 16.5. The standard InChI is InChI=1S/C15H21BrN2O3.ClH/c16-12-2-1-3-13(10-12)21-9-6-18-15(19)14(17)11-4-7-20-8-5-11;/h1-3,10-11,14H,4-9,17H2,(H,18,19);1H. The summed E-state index contributed by atoms with van der Waals surface area (Å²) in [4.78, 5) is 12.0. The van der Waals surface area contributed by atoms with Gasteiger partial charge in [0.25, 0.3) is 0 Å². The van der Waals surface area contributed by atoms with Gasteiger partial charge in [0.05, 0.1) is 12.6 Å². The molecule has 1 fully saturated rings. The maximum absolute atomic E-state index is 12.0. The monoisotopic (exact) mass is 392 g/mol. The molecule has 1 saturated heterocycles. The average Bonchev–Trinajstić information content (AvgIpc) is 2.51. The summed E-state index contributed by atoms with van der Waals surface area (Å²) in [7, 11) is 0. The Labute approximate surface area is 145 Å². The van der Waals surface area contributed by atoms with Gasteiger partial charge in [0.1, 0.15) is 12.4 Å². The fraction of sp³-hybridized carbons (Fsp3) is 0.533. The Kier molecular flexibility index (Phi) is 8.78. The molecule has 22 heavy (non-hydrogen) atoms. The van der Waals surface area contributed by atoms with Crippen LogP contribution in [0, 0.1) is 5.92 Å². The van der Waals surface area contributed by atoms with Gasteiger partial charge >= 0.3 is 0 Å². The third kappa shape index (κ3) is 6.12. The van der Waals surface area contributed by atoms with Crippen LogP contribution < -0.4 is 15.8 Å². The number of rotatable bonds is 6. The van der Waals surface area contributed by atoms with E-state index in [1.165, 1.54) is 0 Å². The second-order valence-corrected chi connectivity index (χ2v) is 5.99. The van der Waals surface area contributed by atoms with Gasteiger partial charge in [-0.15, -0.1) is 12.4 Å². The third-order valence-electron chi connectivity index (χ3n) is 3.54. The number of hydrogen-bond donors (Lipinski definition) is 2. The number of ether oxygens (including phenoxy) is 2.